The third-order valence-electron chi connectivity index (χ3n) is 6.14. The van der Waals surface area contributed by atoms with Crippen molar-refractivity contribution in [2.24, 2.45) is 0 Å². The van der Waals surface area contributed by atoms with Crippen LogP contribution in [0.15, 0.2) is 52.4 Å². The highest BCUT2D eigenvalue weighted by molar-refractivity contribution is 7.98. The topological polar surface area (TPSA) is 61.4 Å². The van der Waals surface area contributed by atoms with Crippen molar-refractivity contribution < 1.29 is 4.74 Å². The highest BCUT2D eigenvalue weighted by Gasteiger charge is 2.32. The van der Waals surface area contributed by atoms with Crippen molar-refractivity contribution in [3.05, 3.63) is 83.9 Å². The van der Waals surface area contributed by atoms with Gasteiger partial charge in [0.2, 0.25) is 5.78 Å². The molecule has 6 nitrogen and oxygen atoms in total. The smallest absolute Gasteiger partial charge is 0.268 e. The van der Waals surface area contributed by atoms with E-state index in [-0.39, 0.29) is 11.2 Å². The number of hydrogen-bond acceptors (Lipinski definition) is 6. The maximum atomic E-state index is 14.0. The summed E-state index contributed by atoms with van der Waals surface area (Å²) in [6.45, 7) is 4.55. The van der Waals surface area contributed by atoms with Gasteiger partial charge in [0, 0.05) is 32.1 Å². The molecule has 0 saturated carbocycles. The molecule has 6 rings (SSSR count). The van der Waals surface area contributed by atoms with E-state index in [1.807, 2.05) is 42.5 Å². The predicted molar refractivity (Wildman–Crippen MR) is 148 cm³/mol. The van der Waals surface area contributed by atoms with E-state index in [2.05, 4.69) is 10.2 Å². The van der Waals surface area contributed by atoms with Crippen molar-refractivity contribution in [2.75, 3.05) is 0 Å². The number of rotatable bonds is 4. The molecule has 0 spiro atoms. The molecule has 5 aromatic rings. The van der Waals surface area contributed by atoms with Gasteiger partial charge in [-0.2, -0.15) is 0 Å². The zero-order chi connectivity index (χ0) is 25.2. The van der Waals surface area contributed by atoms with Crippen molar-refractivity contribution in [3.63, 3.8) is 0 Å². The molecule has 11 heteroatoms. The lowest BCUT2D eigenvalue weighted by molar-refractivity contribution is -0.0379. The van der Waals surface area contributed by atoms with E-state index in [0.717, 1.165) is 20.8 Å². The lowest BCUT2D eigenvalue weighted by Gasteiger charge is -2.29. The Kier molecular flexibility index (Phi) is 6.10. The van der Waals surface area contributed by atoms with Crippen LogP contribution in [0, 0.1) is 0 Å². The maximum absolute atomic E-state index is 14.0. The fourth-order valence-corrected chi connectivity index (χ4v) is 7.38. The van der Waals surface area contributed by atoms with Gasteiger partial charge in [-0.1, -0.05) is 58.7 Å². The molecule has 36 heavy (non-hydrogen) atoms. The summed E-state index contributed by atoms with van der Waals surface area (Å²) in [6, 6.07) is 12.6. The van der Waals surface area contributed by atoms with E-state index in [4.69, 9.17) is 39.5 Å². The Labute approximate surface area is 229 Å². The van der Waals surface area contributed by atoms with E-state index in [0.29, 0.717) is 55.9 Å². The van der Waals surface area contributed by atoms with Crippen molar-refractivity contribution >= 4 is 73.9 Å². The second-order valence-electron chi connectivity index (χ2n) is 9.17. The molecule has 4 heterocycles. The molecule has 0 fully saturated rings. The largest absolute Gasteiger partial charge is 0.370 e. The lowest BCUT2D eigenvalue weighted by atomic mass is 9.94. The molecule has 0 radical (unpaired) electrons. The van der Waals surface area contributed by atoms with Crippen LogP contribution in [0.2, 0.25) is 15.1 Å². The summed E-state index contributed by atoms with van der Waals surface area (Å²) in [5.41, 5.74) is 2.09. The lowest BCUT2D eigenvalue weighted by Crippen LogP contribution is -2.32. The minimum atomic E-state index is -0.362. The van der Waals surface area contributed by atoms with Gasteiger partial charge in [-0.3, -0.25) is 4.79 Å². The summed E-state index contributed by atoms with van der Waals surface area (Å²) in [5.74, 6) is 0.994. The molecule has 0 amide bonds. The van der Waals surface area contributed by atoms with Gasteiger partial charge in [-0.25, -0.2) is 8.97 Å². The van der Waals surface area contributed by atoms with Crippen LogP contribution in [-0.2, 0) is 23.5 Å². The Balaban J connectivity index is 1.59. The van der Waals surface area contributed by atoms with Gasteiger partial charge in [-0.15, -0.1) is 21.5 Å². The number of thiophene rings is 1. The summed E-state index contributed by atoms with van der Waals surface area (Å²) in [7, 11) is 0. The predicted octanol–water partition coefficient (Wildman–Crippen LogP) is 7.20. The number of ether oxygens (including phenoxy) is 1. The third kappa shape index (κ3) is 4.14. The van der Waals surface area contributed by atoms with Gasteiger partial charge >= 0.3 is 0 Å². The minimum absolute atomic E-state index is 0.139. The normalized spacial score (nSPS) is 15.0. The molecule has 0 saturated heterocycles. The van der Waals surface area contributed by atoms with Crippen LogP contribution in [0.4, 0.5) is 0 Å². The first kappa shape index (κ1) is 24.3. The maximum Gasteiger partial charge on any atom is 0.268 e. The fourth-order valence-electron chi connectivity index (χ4n) is 4.43. The number of nitrogens with zero attached hydrogens (tertiary/aromatic N) is 4. The molecule has 0 aliphatic carbocycles. The van der Waals surface area contributed by atoms with Gasteiger partial charge in [0.1, 0.15) is 4.83 Å². The SMILES string of the molecule is CC1(C)Cc2c(sc3c2c(=O)n(-c2cccc(Cl)c2)c2nnc(SCc4ccc(Cl)cc4Cl)n32)CO1. The molecule has 2 aromatic carbocycles. The second kappa shape index (κ2) is 9.04. The number of hydrogen-bond donors (Lipinski definition) is 0. The van der Waals surface area contributed by atoms with Crippen LogP contribution in [-0.4, -0.2) is 24.8 Å². The Hall–Kier alpha value is -2.07. The van der Waals surface area contributed by atoms with Gasteiger partial charge in [0.05, 0.1) is 23.3 Å². The summed E-state index contributed by atoms with van der Waals surface area (Å²) < 4.78 is 9.61. The van der Waals surface area contributed by atoms with E-state index in [1.54, 1.807) is 34.1 Å². The summed E-state index contributed by atoms with van der Waals surface area (Å²) in [6.07, 6.45) is 0.642. The summed E-state index contributed by atoms with van der Waals surface area (Å²) in [4.78, 5) is 15.9. The van der Waals surface area contributed by atoms with E-state index in [1.165, 1.54) is 11.8 Å². The van der Waals surface area contributed by atoms with Crippen molar-refractivity contribution in [3.8, 4) is 5.69 Å². The molecular weight excluding hydrogens is 559 g/mol. The van der Waals surface area contributed by atoms with Gasteiger partial charge in [-0.05, 0) is 55.3 Å². The zero-order valence-electron chi connectivity index (χ0n) is 19.2. The second-order valence-corrected chi connectivity index (χ2v) is 12.5. The van der Waals surface area contributed by atoms with E-state index >= 15 is 0 Å². The average Bonchev–Trinajstić information content (AvgIpc) is 3.39. The van der Waals surface area contributed by atoms with Crippen LogP contribution < -0.4 is 5.56 Å². The quantitative estimate of drug-likeness (QED) is 0.211. The summed E-state index contributed by atoms with van der Waals surface area (Å²) >= 11 is 21.8. The molecule has 0 unspecified atom stereocenters. The number of aromatic nitrogens is 4. The molecule has 0 atom stereocenters. The minimum Gasteiger partial charge on any atom is -0.370 e. The highest BCUT2D eigenvalue weighted by atomic mass is 35.5. The highest BCUT2D eigenvalue weighted by Crippen LogP contribution is 2.39. The molecular formula is C25H19Cl3N4O2S2. The summed E-state index contributed by atoms with van der Waals surface area (Å²) in [5, 5.41) is 12.0. The van der Waals surface area contributed by atoms with Crippen molar-refractivity contribution in [2.45, 2.75) is 43.4 Å². The van der Waals surface area contributed by atoms with Crippen molar-refractivity contribution in [1.29, 1.82) is 0 Å². The monoisotopic (exact) mass is 576 g/mol. The number of halogens is 3. The molecule has 3 aromatic heterocycles. The average molecular weight is 578 g/mol. The number of fused-ring (bicyclic) bond motifs is 5. The van der Waals surface area contributed by atoms with Gasteiger partial charge in [0.25, 0.3) is 5.56 Å². The van der Waals surface area contributed by atoms with Crippen LogP contribution in [0.1, 0.15) is 29.9 Å². The molecule has 1 aliphatic rings. The Morgan fingerprint density at radius 3 is 2.69 bits per heavy atom. The molecule has 0 bridgehead atoms. The first-order valence-electron chi connectivity index (χ1n) is 11.1. The van der Waals surface area contributed by atoms with E-state index in [9.17, 15) is 4.79 Å². The first-order chi connectivity index (χ1) is 17.2. The first-order valence-corrected chi connectivity index (χ1v) is 14.1. The Morgan fingerprint density at radius 2 is 1.92 bits per heavy atom. The molecule has 184 valence electrons. The molecule has 1 aliphatic heterocycles. The zero-order valence-corrected chi connectivity index (χ0v) is 23.1. The molecule has 0 N–H and O–H groups in total. The Bertz CT molecular complexity index is 1720. The Morgan fingerprint density at radius 1 is 1.11 bits per heavy atom. The van der Waals surface area contributed by atoms with Gasteiger partial charge < -0.3 is 4.74 Å². The number of thioether (sulfide) groups is 1. The van der Waals surface area contributed by atoms with Crippen LogP contribution in [0.3, 0.4) is 0 Å². The standard InChI is InChI=1S/C25H19Cl3N4O2S2/c1-25(2)10-17-19(11-34-25)36-22-20(17)21(33)31(16-5-3-4-14(26)8-16)23-29-30-24(32(22)23)35-12-13-6-7-15(27)9-18(13)28/h3-9H,10-12H2,1-2H3. The van der Waals surface area contributed by atoms with E-state index < -0.39 is 0 Å². The van der Waals surface area contributed by atoms with Crippen LogP contribution >= 0.6 is 57.9 Å². The van der Waals surface area contributed by atoms with Crippen LogP contribution in [0.5, 0.6) is 0 Å². The number of benzene rings is 2. The fraction of sp³-hybridized carbons (Fsp3) is 0.240. The van der Waals surface area contributed by atoms with Crippen LogP contribution in [0.25, 0.3) is 21.7 Å². The van der Waals surface area contributed by atoms with Crippen molar-refractivity contribution in [1.82, 2.24) is 19.2 Å². The van der Waals surface area contributed by atoms with Gasteiger partial charge in [0.15, 0.2) is 5.16 Å². The third-order valence-corrected chi connectivity index (χ3v) is 9.13.